The minimum atomic E-state index is -4.92. The fourth-order valence-corrected chi connectivity index (χ4v) is 0.838. The van der Waals surface area contributed by atoms with E-state index in [-0.39, 0.29) is 6.29 Å². The predicted octanol–water partition coefficient (Wildman–Crippen LogP) is 1.81. The van der Waals surface area contributed by atoms with Gasteiger partial charge in [-0.15, -0.1) is 0 Å². The van der Waals surface area contributed by atoms with Crippen LogP contribution in [0.5, 0.6) is 0 Å². The van der Waals surface area contributed by atoms with E-state index in [4.69, 9.17) is 5.11 Å². The van der Waals surface area contributed by atoms with Crippen LogP contribution in [0.4, 0.5) is 13.2 Å². The standard InChI is InChI=1S/C7H3F3O4/c8-7(9,10)5-4(6(12)13)1-3(2-11)14-5/h1-2H,(H,12,13). The molecular formula is C7H3F3O4. The number of furan rings is 1. The van der Waals surface area contributed by atoms with Crippen LogP contribution in [0.1, 0.15) is 26.7 Å². The summed E-state index contributed by atoms with van der Waals surface area (Å²) >= 11 is 0. The van der Waals surface area contributed by atoms with E-state index in [0.29, 0.717) is 6.07 Å². The van der Waals surface area contributed by atoms with Gasteiger partial charge >= 0.3 is 12.1 Å². The van der Waals surface area contributed by atoms with Gasteiger partial charge in [0, 0.05) is 6.07 Å². The maximum absolute atomic E-state index is 12.1. The molecule has 1 N–H and O–H groups in total. The van der Waals surface area contributed by atoms with Crippen LogP contribution in [0.2, 0.25) is 0 Å². The second-order valence-corrected chi connectivity index (χ2v) is 2.31. The van der Waals surface area contributed by atoms with Gasteiger partial charge in [-0.25, -0.2) is 4.79 Å². The quantitative estimate of drug-likeness (QED) is 0.752. The molecule has 76 valence electrons. The molecule has 1 heterocycles. The monoisotopic (exact) mass is 208 g/mol. The lowest BCUT2D eigenvalue weighted by Gasteiger charge is -2.02. The van der Waals surface area contributed by atoms with E-state index in [1.165, 1.54) is 0 Å². The second kappa shape index (κ2) is 3.17. The summed E-state index contributed by atoms with van der Waals surface area (Å²) in [5.41, 5.74) is -1.07. The summed E-state index contributed by atoms with van der Waals surface area (Å²) in [4.78, 5) is 20.4. The van der Waals surface area contributed by atoms with Gasteiger partial charge in [0.05, 0.1) is 0 Å². The average molecular weight is 208 g/mol. The molecular weight excluding hydrogens is 205 g/mol. The normalized spacial score (nSPS) is 11.4. The van der Waals surface area contributed by atoms with E-state index < -0.39 is 29.2 Å². The molecule has 0 fully saturated rings. The van der Waals surface area contributed by atoms with E-state index in [1.807, 2.05) is 0 Å². The molecule has 0 aliphatic carbocycles. The molecule has 0 saturated heterocycles. The molecule has 1 aromatic rings. The Balaban J connectivity index is 3.33. The number of hydrogen-bond donors (Lipinski definition) is 1. The van der Waals surface area contributed by atoms with Crippen LogP contribution in [0.15, 0.2) is 10.5 Å². The fourth-order valence-electron chi connectivity index (χ4n) is 0.838. The molecule has 0 amide bonds. The van der Waals surface area contributed by atoms with E-state index in [1.54, 1.807) is 0 Å². The van der Waals surface area contributed by atoms with Crippen LogP contribution < -0.4 is 0 Å². The molecule has 0 unspecified atom stereocenters. The zero-order valence-corrected chi connectivity index (χ0v) is 6.46. The number of aldehydes is 1. The number of hydrogen-bond acceptors (Lipinski definition) is 3. The molecule has 0 aromatic carbocycles. The smallest absolute Gasteiger partial charge is 0.450 e. The number of carboxylic acids is 1. The Morgan fingerprint density at radius 3 is 2.36 bits per heavy atom. The van der Waals surface area contributed by atoms with Crippen molar-refractivity contribution < 1.29 is 32.3 Å². The third-order valence-electron chi connectivity index (χ3n) is 1.36. The lowest BCUT2D eigenvalue weighted by molar-refractivity contribution is -0.153. The number of carbonyl (C=O) groups is 2. The molecule has 14 heavy (non-hydrogen) atoms. The SMILES string of the molecule is O=Cc1cc(C(=O)O)c(C(F)(F)F)o1. The van der Waals surface area contributed by atoms with Crippen molar-refractivity contribution in [1.82, 2.24) is 0 Å². The highest BCUT2D eigenvalue weighted by Gasteiger charge is 2.40. The second-order valence-electron chi connectivity index (χ2n) is 2.31. The highest BCUT2D eigenvalue weighted by molar-refractivity contribution is 5.91. The number of carboxylic acid groups (broad SMARTS) is 1. The Labute approximate surface area is 74.9 Å². The molecule has 0 aliphatic rings. The van der Waals surface area contributed by atoms with Crippen molar-refractivity contribution in [2.75, 3.05) is 0 Å². The molecule has 7 heteroatoms. The third-order valence-corrected chi connectivity index (χ3v) is 1.36. The summed E-state index contributed by atoms with van der Waals surface area (Å²) in [6.45, 7) is 0. The average Bonchev–Trinajstić information content (AvgIpc) is 2.46. The Morgan fingerprint density at radius 1 is 1.50 bits per heavy atom. The van der Waals surface area contributed by atoms with Crippen LogP contribution in [0.3, 0.4) is 0 Å². The minimum absolute atomic E-state index is 0.00167. The number of alkyl halides is 3. The molecule has 0 saturated carbocycles. The van der Waals surface area contributed by atoms with Crippen LogP contribution in [0.25, 0.3) is 0 Å². The Morgan fingerprint density at radius 2 is 2.07 bits per heavy atom. The Kier molecular flexibility index (Phi) is 2.33. The maximum atomic E-state index is 12.1. The van der Waals surface area contributed by atoms with Crippen LogP contribution in [-0.4, -0.2) is 17.4 Å². The first-order valence-electron chi connectivity index (χ1n) is 3.25. The fraction of sp³-hybridized carbons (Fsp3) is 0.143. The van der Waals surface area contributed by atoms with Crippen LogP contribution in [-0.2, 0) is 6.18 Å². The van der Waals surface area contributed by atoms with Crippen molar-refractivity contribution in [2.45, 2.75) is 6.18 Å². The van der Waals surface area contributed by atoms with Gasteiger partial charge in [0.1, 0.15) is 5.56 Å². The highest BCUT2D eigenvalue weighted by atomic mass is 19.4. The first kappa shape index (κ1) is 10.3. The number of halogens is 3. The topological polar surface area (TPSA) is 67.5 Å². The number of carbonyl (C=O) groups excluding carboxylic acids is 1. The lowest BCUT2D eigenvalue weighted by Crippen LogP contribution is -2.09. The highest BCUT2D eigenvalue weighted by Crippen LogP contribution is 2.33. The van der Waals surface area contributed by atoms with Gasteiger partial charge < -0.3 is 9.52 Å². The molecule has 1 aromatic heterocycles. The molecule has 0 bridgehead atoms. The summed E-state index contributed by atoms with van der Waals surface area (Å²) in [5, 5.41) is 8.36. The summed E-state index contributed by atoms with van der Waals surface area (Å²) in [6, 6.07) is 0.526. The van der Waals surface area contributed by atoms with Gasteiger partial charge in [-0.3, -0.25) is 4.79 Å². The van der Waals surface area contributed by atoms with Crippen LogP contribution in [0, 0.1) is 0 Å². The lowest BCUT2D eigenvalue weighted by atomic mass is 10.2. The molecule has 0 radical (unpaired) electrons. The molecule has 0 atom stereocenters. The van der Waals surface area contributed by atoms with E-state index in [2.05, 4.69) is 4.42 Å². The van der Waals surface area contributed by atoms with Crippen molar-refractivity contribution >= 4 is 12.3 Å². The summed E-state index contributed by atoms with van der Waals surface area (Å²) in [6.07, 6.45) is -4.92. The van der Waals surface area contributed by atoms with Crippen molar-refractivity contribution in [3.63, 3.8) is 0 Å². The van der Waals surface area contributed by atoms with E-state index >= 15 is 0 Å². The maximum Gasteiger partial charge on any atom is 0.450 e. The zero-order chi connectivity index (χ0) is 10.9. The van der Waals surface area contributed by atoms with Gasteiger partial charge in [-0.1, -0.05) is 0 Å². The van der Waals surface area contributed by atoms with Crippen molar-refractivity contribution in [2.24, 2.45) is 0 Å². The first-order valence-corrected chi connectivity index (χ1v) is 3.25. The Hall–Kier alpha value is -1.79. The number of aromatic carboxylic acids is 1. The first-order chi connectivity index (χ1) is 6.36. The van der Waals surface area contributed by atoms with E-state index in [9.17, 15) is 22.8 Å². The van der Waals surface area contributed by atoms with Gasteiger partial charge in [0.25, 0.3) is 0 Å². The molecule has 0 spiro atoms. The van der Waals surface area contributed by atoms with Crippen molar-refractivity contribution in [3.05, 3.63) is 23.2 Å². The third kappa shape index (κ3) is 1.76. The predicted molar refractivity (Wildman–Crippen MR) is 36.1 cm³/mol. The summed E-state index contributed by atoms with van der Waals surface area (Å²) in [5.74, 6) is -4.14. The molecule has 0 aliphatic heterocycles. The van der Waals surface area contributed by atoms with Crippen molar-refractivity contribution in [3.8, 4) is 0 Å². The summed E-state index contributed by atoms with van der Waals surface area (Å²) in [7, 11) is 0. The summed E-state index contributed by atoms with van der Waals surface area (Å²) < 4.78 is 40.3. The van der Waals surface area contributed by atoms with Gasteiger partial charge in [-0.2, -0.15) is 13.2 Å². The minimum Gasteiger partial charge on any atom is -0.478 e. The Bertz CT molecular complexity index is 377. The zero-order valence-electron chi connectivity index (χ0n) is 6.46. The largest absolute Gasteiger partial charge is 0.478 e. The van der Waals surface area contributed by atoms with Gasteiger partial charge in [0.15, 0.2) is 12.0 Å². The number of rotatable bonds is 2. The van der Waals surface area contributed by atoms with Gasteiger partial charge in [0.2, 0.25) is 5.76 Å². The van der Waals surface area contributed by atoms with Gasteiger partial charge in [-0.05, 0) is 0 Å². The van der Waals surface area contributed by atoms with Crippen LogP contribution >= 0.6 is 0 Å². The molecule has 1 rings (SSSR count). The van der Waals surface area contributed by atoms with E-state index in [0.717, 1.165) is 0 Å². The molecule has 4 nitrogen and oxygen atoms in total. The van der Waals surface area contributed by atoms with Crippen molar-refractivity contribution in [1.29, 1.82) is 0 Å².